The maximum Gasteiger partial charge on any atom is 0.273 e. The molecule has 30 heavy (non-hydrogen) atoms. The van der Waals surface area contributed by atoms with Crippen molar-refractivity contribution in [3.05, 3.63) is 65.2 Å². The van der Waals surface area contributed by atoms with Crippen LogP contribution in [0.5, 0.6) is 5.75 Å². The number of aryl methyl sites for hydroxylation is 1. The summed E-state index contributed by atoms with van der Waals surface area (Å²) in [6, 6.07) is 16.2. The number of carbonyl (C=O) groups excluding carboxylic acids is 1. The molecule has 7 heteroatoms. The van der Waals surface area contributed by atoms with E-state index in [1.165, 1.54) is 22.6 Å². The molecule has 1 N–H and O–H groups in total. The number of ether oxygens (including phenoxy) is 1. The Labute approximate surface area is 181 Å². The molecule has 1 aromatic heterocycles. The zero-order valence-corrected chi connectivity index (χ0v) is 18.1. The van der Waals surface area contributed by atoms with Crippen LogP contribution in [0.4, 0.5) is 16.5 Å². The monoisotopic (exact) mass is 422 g/mol. The summed E-state index contributed by atoms with van der Waals surface area (Å²) in [6.45, 7) is 7.77. The number of anilines is 3. The average molecular weight is 423 g/mol. The van der Waals surface area contributed by atoms with Crippen LogP contribution in [0, 0.1) is 6.92 Å². The second-order valence-corrected chi connectivity index (χ2v) is 8.10. The van der Waals surface area contributed by atoms with Gasteiger partial charge in [0.1, 0.15) is 11.4 Å². The van der Waals surface area contributed by atoms with Crippen molar-refractivity contribution in [1.82, 2.24) is 9.88 Å². The Hall–Kier alpha value is -3.06. The largest absolute Gasteiger partial charge is 0.494 e. The molecule has 3 aromatic rings. The van der Waals surface area contributed by atoms with E-state index in [9.17, 15) is 4.79 Å². The minimum absolute atomic E-state index is 0.00474. The maximum atomic E-state index is 12.9. The number of benzene rings is 2. The zero-order valence-electron chi connectivity index (χ0n) is 17.3. The maximum absolute atomic E-state index is 12.9. The second-order valence-electron chi connectivity index (χ2n) is 7.24. The Bertz CT molecular complexity index is 994. The lowest BCUT2D eigenvalue weighted by atomic mass is 10.2. The van der Waals surface area contributed by atoms with Gasteiger partial charge >= 0.3 is 0 Å². The van der Waals surface area contributed by atoms with Gasteiger partial charge < -0.3 is 19.9 Å². The van der Waals surface area contributed by atoms with Gasteiger partial charge in [0.05, 0.1) is 6.61 Å². The molecule has 156 valence electrons. The third kappa shape index (κ3) is 4.74. The van der Waals surface area contributed by atoms with Crippen LogP contribution in [-0.2, 0) is 0 Å². The molecule has 0 aliphatic carbocycles. The number of hydrogen-bond acceptors (Lipinski definition) is 6. The van der Waals surface area contributed by atoms with E-state index < -0.39 is 0 Å². The van der Waals surface area contributed by atoms with Gasteiger partial charge in [-0.25, -0.2) is 4.98 Å². The average Bonchev–Trinajstić information content (AvgIpc) is 3.23. The fourth-order valence-corrected chi connectivity index (χ4v) is 4.21. The van der Waals surface area contributed by atoms with E-state index in [-0.39, 0.29) is 5.91 Å². The predicted octanol–water partition coefficient (Wildman–Crippen LogP) is 4.56. The lowest BCUT2D eigenvalue weighted by Gasteiger charge is -2.36. The highest BCUT2D eigenvalue weighted by atomic mass is 32.1. The van der Waals surface area contributed by atoms with Crippen molar-refractivity contribution in [2.24, 2.45) is 0 Å². The van der Waals surface area contributed by atoms with Crippen molar-refractivity contribution in [3.8, 4) is 5.75 Å². The molecular weight excluding hydrogens is 396 g/mol. The fourth-order valence-electron chi connectivity index (χ4n) is 3.51. The van der Waals surface area contributed by atoms with E-state index >= 15 is 0 Å². The summed E-state index contributed by atoms with van der Waals surface area (Å²) >= 11 is 1.44. The quantitative estimate of drug-likeness (QED) is 0.631. The number of piperazine rings is 1. The highest BCUT2D eigenvalue weighted by molar-refractivity contribution is 7.14. The van der Waals surface area contributed by atoms with Gasteiger partial charge in [-0.05, 0) is 55.8 Å². The highest BCUT2D eigenvalue weighted by Crippen LogP contribution is 2.24. The molecule has 2 aromatic carbocycles. The lowest BCUT2D eigenvalue weighted by Crippen LogP contribution is -2.48. The van der Waals surface area contributed by atoms with Gasteiger partial charge in [-0.2, -0.15) is 0 Å². The van der Waals surface area contributed by atoms with Crippen molar-refractivity contribution in [1.29, 1.82) is 0 Å². The number of nitrogens with zero attached hydrogens (tertiary/aromatic N) is 3. The molecule has 1 aliphatic rings. The van der Waals surface area contributed by atoms with E-state index in [0.717, 1.165) is 24.5 Å². The predicted molar refractivity (Wildman–Crippen MR) is 122 cm³/mol. The van der Waals surface area contributed by atoms with Gasteiger partial charge in [0.15, 0.2) is 5.13 Å². The molecule has 0 unspecified atom stereocenters. The molecule has 2 heterocycles. The number of nitrogens with one attached hydrogen (secondary N) is 1. The Kier molecular flexibility index (Phi) is 6.18. The first kappa shape index (κ1) is 20.2. The van der Waals surface area contributed by atoms with Crippen molar-refractivity contribution in [2.45, 2.75) is 13.8 Å². The van der Waals surface area contributed by atoms with E-state index in [1.54, 1.807) is 0 Å². The van der Waals surface area contributed by atoms with Crippen LogP contribution >= 0.6 is 11.3 Å². The first-order chi connectivity index (χ1) is 14.6. The summed E-state index contributed by atoms with van der Waals surface area (Å²) < 4.78 is 5.46. The normalized spacial score (nSPS) is 13.9. The smallest absolute Gasteiger partial charge is 0.273 e. The lowest BCUT2D eigenvalue weighted by molar-refractivity contribution is 0.0742. The molecule has 0 radical (unpaired) electrons. The van der Waals surface area contributed by atoms with E-state index in [2.05, 4.69) is 46.4 Å². The fraction of sp³-hybridized carbons (Fsp3) is 0.304. The molecule has 1 fully saturated rings. The SMILES string of the molecule is CCOc1ccc(Nc2nc(C(=O)N3CCN(c4cccc(C)c4)CC3)cs2)cc1. The van der Waals surface area contributed by atoms with Gasteiger partial charge in [-0.1, -0.05) is 12.1 Å². The van der Waals surface area contributed by atoms with Crippen LogP contribution in [0.15, 0.2) is 53.9 Å². The molecule has 1 amide bonds. The van der Waals surface area contributed by atoms with Gasteiger partial charge in [0.2, 0.25) is 0 Å². The number of carbonyl (C=O) groups is 1. The van der Waals surface area contributed by atoms with Gasteiger partial charge in [-0.3, -0.25) is 4.79 Å². The van der Waals surface area contributed by atoms with Crippen molar-refractivity contribution in [3.63, 3.8) is 0 Å². The first-order valence-electron chi connectivity index (χ1n) is 10.2. The molecule has 1 saturated heterocycles. The number of rotatable bonds is 6. The van der Waals surface area contributed by atoms with Crippen LogP contribution < -0.4 is 15.0 Å². The van der Waals surface area contributed by atoms with E-state index in [0.29, 0.717) is 30.5 Å². The minimum Gasteiger partial charge on any atom is -0.494 e. The van der Waals surface area contributed by atoms with Crippen LogP contribution in [-0.4, -0.2) is 48.6 Å². The summed E-state index contributed by atoms with van der Waals surface area (Å²) in [5, 5.41) is 5.79. The second kappa shape index (κ2) is 9.17. The molecular formula is C23H26N4O2S. The summed E-state index contributed by atoms with van der Waals surface area (Å²) in [5.41, 5.74) is 3.88. The van der Waals surface area contributed by atoms with Gasteiger partial charge in [0, 0.05) is 42.9 Å². The molecule has 0 spiro atoms. The topological polar surface area (TPSA) is 57.7 Å². The highest BCUT2D eigenvalue weighted by Gasteiger charge is 2.24. The first-order valence-corrected chi connectivity index (χ1v) is 11.1. The van der Waals surface area contributed by atoms with Crippen molar-refractivity contribution < 1.29 is 9.53 Å². The van der Waals surface area contributed by atoms with Crippen LogP contribution in [0.1, 0.15) is 23.0 Å². The number of amides is 1. The number of thiazole rings is 1. The summed E-state index contributed by atoms with van der Waals surface area (Å²) in [7, 11) is 0. The summed E-state index contributed by atoms with van der Waals surface area (Å²) in [6.07, 6.45) is 0. The zero-order chi connectivity index (χ0) is 20.9. The molecule has 0 bridgehead atoms. The number of aromatic nitrogens is 1. The van der Waals surface area contributed by atoms with Gasteiger partial charge in [-0.15, -0.1) is 11.3 Å². The Morgan fingerprint density at radius 3 is 2.60 bits per heavy atom. The standard InChI is InChI=1S/C23H26N4O2S/c1-3-29-20-9-7-18(8-10-20)24-23-25-21(16-30-23)22(28)27-13-11-26(12-14-27)19-6-4-5-17(2)15-19/h4-10,15-16H,3,11-14H2,1-2H3,(H,24,25). The van der Waals surface area contributed by atoms with Crippen LogP contribution in [0.2, 0.25) is 0 Å². The summed E-state index contributed by atoms with van der Waals surface area (Å²) in [4.78, 5) is 21.6. The third-order valence-electron chi connectivity index (χ3n) is 5.07. The molecule has 6 nitrogen and oxygen atoms in total. The Balaban J connectivity index is 1.34. The van der Waals surface area contributed by atoms with Crippen molar-refractivity contribution in [2.75, 3.05) is 43.0 Å². The number of hydrogen-bond donors (Lipinski definition) is 1. The Morgan fingerprint density at radius 1 is 1.13 bits per heavy atom. The van der Waals surface area contributed by atoms with E-state index in [1.807, 2.05) is 41.5 Å². The minimum atomic E-state index is -0.00474. The van der Waals surface area contributed by atoms with Gasteiger partial charge in [0.25, 0.3) is 5.91 Å². The Morgan fingerprint density at radius 2 is 1.90 bits per heavy atom. The molecule has 0 saturated carbocycles. The molecule has 4 rings (SSSR count). The van der Waals surface area contributed by atoms with Crippen LogP contribution in [0.25, 0.3) is 0 Å². The molecule has 0 atom stereocenters. The van der Waals surface area contributed by atoms with E-state index in [4.69, 9.17) is 4.74 Å². The third-order valence-corrected chi connectivity index (χ3v) is 5.83. The van der Waals surface area contributed by atoms with Crippen LogP contribution in [0.3, 0.4) is 0 Å². The summed E-state index contributed by atoms with van der Waals surface area (Å²) in [5.74, 6) is 0.831. The molecule has 1 aliphatic heterocycles. The van der Waals surface area contributed by atoms with Crippen molar-refractivity contribution >= 4 is 33.8 Å².